The number of nitrogens with zero attached hydrogens (tertiary/aromatic N) is 1. The molecule has 0 saturated heterocycles. The van der Waals surface area contributed by atoms with Crippen molar-refractivity contribution in [1.29, 1.82) is 0 Å². The second-order valence-corrected chi connectivity index (χ2v) is 8.18. The molecule has 31 heavy (non-hydrogen) atoms. The Balaban J connectivity index is 0.000000285. The highest BCUT2D eigenvalue weighted by molar-refractivity contribution is 5.86. The molecule has 1 aliphatic rings. The van der Waals surface area contributed by atoms with Crippen molar-refractivity contribution in [2.24, 2.45) is 0 Å². The van der Waals surface area contributed by atoms with Crippen molar-refractivity contribution < 1.29 is 31.9 Å². The molecule has 9 nitrogen and oxygen atoms in total. The zero-order valence-corrected chi connectivity index (χ0v) is 17.8. The highest BCUT2D eigenvalue weighted by atomic mass is 19.4. The van der Waals surface area contributed by atoms with Gasteiger partial charge in [0, 0.05) is 17.6 Å². The molecule has 0 saturated carbocycles. The van der Waals surface area contributed by atoms with Gasteiger partial charge in [-0.05, 0) is 32.0 Å². The maximum atomic E-state index is 12.6. The molecule has 0 radical (unpaired) electrons. The second kappa shape index (κ2) is 8.90. The molecule has 172 valence electrons. The third kappa shape index (κ3) is 6.66. The number of aromatic nitrogens is 2. The van der Waals surface area contributed by atoms with Crippen LogP contribution < -0.4 is 21.1 Å². The summed E-state index contributed by atoms with van der Waals surface area (Å²) in [7, 11) is 0. The molecule has 1 amide bonds. The summed E-state index contributed by atoms with van der Waals surface area (Å²) >= 11 is 0. The van der Waals surface area contributed by atoms with Crippen LogP contribution in [0.25, 0.3) is 0 Å². The summed E-state index contributed by atoms with van der Waals surface area (Å²) in [6, 6.07) is 4.70. The highest BCUT2D eigenvalue weighted by Crippen LogP contribution is 2.34. The summed E-state index contributed by atoms with van der Waals surface area (Å²) in [5.41, 5.74) is -1.78. The first-order chi connectivity index (χ1) is 14.2. The van der Waals surface area contributed by atoms with E-state index in [1.165, 1.54) is 6.07 Å². The molecule has 0 fully saturated rings. The van der Waals surface area contributed by atoms with E-state index in [2.05, 4.69) is 25.6 Å². The third-order valence-electron chi connectivity index (χ3n) is 4.01. The lowest BCUT2D eigenvalue weighted by Crippen LogP contribution is -2.44. The van der Waals surface area contributed by atoms with Crippen LogP contribution in [0.5, 0.6) is 5.75 Å². The summed E-state index contributed by atoms with van der Waals surface area (Å²) < 4.78 is 52.4. The van der Waals surface area contributed by atoms with E-state index < -0.39 is 23.6 Å². The highest BCUT2D eigenvalue weighted by Gasteiger charge is 2.50. The van der Waals surface area contributed by atoms with Crippen molar-refractivity contribution >= 4 is 17.5 Å². The lowest BCUT2D eigenvalue weighted by molar-refractivity contribution is -0.242. The molecule has 1 aliphatic heterocycles. The van der Waals surface area contributed by atoms with E-state index in [4.69, 9.17) is 9.15 Å². The van der Waals surface area contributed by atoms with Gasteiger partial charge in [-0.2, -0.15) is 13.2 Å². The molecule has 0 atom stereocenters. The zero-order chi connectivity index (χ0) is 23.4. The number of aromatic amines is 1. The van der Waals surface area contributed by atoms with Crippen LogP contribution in [-0.4, -0.2) is 41.2 Å². The molecular weight excluding hydrogens is 421 g/mol. The van der Waals surface area contributed by atoms with Crippen LogP contribution in [0.15, 0.2) is 27.4 Å². The van der Waals surface area contributed by atoms with Gasteiger partial charge < -0.3 is 19.2 Å². The molecule has 0 bridgehead atoms. The summed E-state index contributed by atoms with van der Waals surface area (Å²) in [5.74, 6) is 0.568. The van der Waals surface area contributed by atoms with E-state index in [0.29, 0.717) is 36.2 Å². The van der Waals surface area contributed by atoms with Crippen molar-refractivity contribution in [3.05, 3.63) is 34.6 Å². The number of H-pyrrole nitrogens is 1. The first-order valence-electron chi connectivity index (χ1n) is 9.32. The quantitative estimate of drug-likeness (QED) is 0.637. The summed E-state index contributed by atoms with van der Waals surface area (Å²) in [6.07, 6.45) is -5.82. The molecule has 2 heterocycles. The topological polar surface area (TPSA) is 118 Å². The molecule has 1 aromatic carbocycles. The van der Waals surface area contributed by atoms with Gasteiger partial charge >= 0.3 is 18.0 Å². The van der Waals surface area contributed by atoms with Gasteiger partial charge in [-0.3, -0.25) is 5.32 Å². The van der Waals surface area contributed by atoms with Crippen LogP contribution in [0.2, 0.25) is 0 Å². The predicted octanol–water partition coefficient (Wildman–Crippen LogP) is 4.04. The van der Waals surface area contributed by atoms with E-state index >= 15 is 0 Å². The molecule has 3 N–H and O–H groups in total. The Labute approximate surface area is 176 Å². The van der Waals surface area contributed by atoms with Gasteiger partial charge in [-0.15, -0.1) is 5.10 Å². The average Bonchev–Trinajstić information content (AvgIpc) is 3.07. The van der Waals surface area contributed by atoms with E-state index in [1.54, 1.807) is 12.1 Å². The zero-order valence-electron chi connectivity index (χ0n) is 17.8. The number of ether oxygens (including phenoxy) is 2. The van der Waals surface area contributed by atoms with Gasteiger partial charge in [-0.1, -0.05) is 20.8 Å². The minimum Gasteiger partial charge on any atom is -0.490 e. The molecule has 12 heteroatoms. The number of anilines is 2. The number of halogens is 3. The van der Waals surface area contributed by atoms with Crippen LogP contribution >= 0.6 is 0 Å². The van der Waals surface area contributed by atoms with Crippen molar-refractivity contribution in [3.8, 4) is 5.75 Å². The van der Waals surface area contributed by atoms with Crippen LogP contribution in [-0.2, 0) is 10.2 Å². The van der Waals surface area contributed by atoms with Crippen molar-refractivity contribution in [2.75, 3.05) is 23.8 Å². The summed E-state index contributed by atoms with van der Waals surface area (Å²) in [5, 5.41) is 11.2. The smallest absolute Gasteiger partial charge is 0.434 e. The Morgan fingerprint density at radius 2 is 1.87 bits per heavy atom. The number of fused-ring (bicyclic) bond motifs is 1. The number of rotatable bonds is 2. The number of carbonyl (C=O) groups excluding carboxylic acids is 1. The van der Waals surface area contributed by atoms with Crippen LogP contribution in [0, 0.1) is 0 Å². The van der Waals surface area contributed by atoms with E-state index in [0.717, 1.165) is 13.8 Å². The number of carbonyl (C=O) groups is 1. The monoisotopic (exact) mass is 446 g/mol. The number of benzene rings is 1. The van der Waals surface area contributed by atoms with Crippen LogP contribution in [0.1, 0.15) is 40.5 Å². The van der Waals surface area contributed by atoms with Crippen molar-refractivity contribution in [2.45, 2.75) is 51.8 Å². The Bertz CT molecular complexity index is 960. The lowest BCUT2D eigenvalue weighted by Gasteiger charge is -2.27. The number of amides is 1. The first kappa shape index (κ1) is 24.1. The van der Waals surface area contributed by atoms with Crippen molar-refractivity contribution in [1.82, 2.24) is 10.2 Å². The van der Waals surface area contributed by atoms with E-state index in [9.17, 15) is 22.8 Å². The Morgan fingerprint density at radius 3 is 2.39 bits per heavy atom. The number of hydrogen-bond acceptors (Lipinski definition) is 7. The average molecular weight is 446 g/mol. The third-order valence-corrected chi connectivity index (χ3v) is 4.01. The van der Waals surface area contributed by atoms with E-state index in [-0.39, 0.29) is 5.41 Å². The van der Waals surface area contributed by atoms with Crippen LogP contribution in [0.4, 0.5) is 29.3 Å². The maximum absolute atomic E-state index is 12.6. The van der Waals surface area contributed by atoms with E-state index in [1.807, 2.05) is 20.8 Å². The summed E-state index contributed by atoms with van der Waals surface area (Å²) in [4.78, 5) is 22.0. The SMILES string of the molecule is CC(C)(C)c1n[nH]c(=O)o1.CC(C)(OC(=O)Nc1ccc2c(c1)NCCO2)C(F)(F)F. The fraction of sp³-hybridized carbons (Fsp3) is 0.526. The second-order valence-electron chi connectivity index (χ2n) is 8.18. The molecule has 0 unspecified atom stereocenters. The molecule has 3 rings (SSSR count). The maximum Gasteiger partial charge on any atom is 0.434 e. The first-order valence-corrected chi connectivity index (χ1v) is 9.32. The predicted molar refractivity (Wildman–Crippen MR) is 106 cm³/mol. The minimum absolute atomic E-state index is 0.195. The van der Waals surface area contributed by atoms with Crippen molar-refractivity contribution in [3.63, 3.8) is 0 Å². The standard InChI is InChI=1S/C13H15F3N2O3.C6H10N2O2/c1-12(2,13(14,15)16)21-11(19)18-8-3-4-10-9(7-8)17-5-6-20-10;1-6(2,3)4-7-8-5(9)10-4/h3-4,7,17H,5-6H2,1-2H3,(H,18,19);1-3H3,(H,8,9). The van der Waals surface area contributed by atoms with Crippen LogP contribution in [0.3, 0.4) is 0 Å². The number of hydrogen-bond donors (Lipinski definition) is 3. The minimum atomic E-state index is -4.64. The molecule has 1 aromatic heterocycles. The Morgan fingerprint density at radius 1 is 1.19 bits per heavy atom. The molecular formula is C19H25F3N4O5. The normalized spacial score (nSPS) is 13.7. The fourth-order valence-electron chi connectivity index (χ4n) is 2.20. The van der Waals surface area contributed by atoms with Gasteiger partial charge in [0.2, 0.25) is 11.5 Å². The van der Waals surface area contributed by atoms with Gasteiger partial charge in [0.05, 0.1) is 5.69 Å². The van der Waals surface area contributed by atoms with Gasteiger partial charge in [0.15, 0.2) is 0 Å². The van der Waals surface area contributed by atoms with Gasteiger partial charge in [-0.25, -0.2) is 14.7 Å². The molecule has 2 aromatic rings. The number of nitrogens with one attached hydrogen (secondary N) is 3. The van der Waals surface area contributed by atoms with Gasteiger partial charge in [0.25, 0.3) is 0 Å². The largest absolute Gasteiger partial charge is 0.490 e. The molecule has 0 aliphatic carbocycles. The van der Waals surface area contributed by atoms with Gasteiger partial charge in [0.1, 0.15) is 12.4 Å². The lowest BCUT2D eigenvalue weighted by atomic mass is 9.97. The Hall–Kier alpha value is -3.18. The number of alkyl halides is 3. The Kier molecular flexibility index (Phi) is 6.92. The molecule has 0 spiro atoms. The fourth-order valence-corrected chi connectivity index (χ4v) is 2.20. The summed E-state index contributed by atoms with van der Waals surface area (Å²) in [6.45, 7) is 8.48.